The number of aliphatic carboxylic acids is 1. The molecule has 0 heterocycles. The number of carboxylic acid groups (broad SMARTS) is 1. The van der Waals surface area contributed by atoms with E-state index in [4.69, 9.17) is 18.9 Å². The molecule has 0 aliphatic carbocycles. The first-order chi connectivity index (χ1) is 41.1. The Balaban J connectivity index is 3.98. The summed E-state index contributed by atoms with van der Waals surface area (Å²) in [4.78, 5) is 37.5. The van der Waals surface area contributed by atoms with E-state index in [2.05, 4.69) is 74.6 Å². The minimum Gasteiger partial charge on any atom is -0.477 e. The van der Waals surface area contributed by atoms with Crippen molar-refractivity contribution in [3.8, 4) is 0 Å². The van der Waals surface area contributed by atoms with Crippen LogP contribution in [0.4, 0.5) is 0 Å². The number of carboxylic acids is 1. The lowest BCUT2D eigenvalue weighted by Crippen LogP contribution is -2.40. The molecule has 0 saturated carbocycles. The number of quaternary nitrogens is 1. The largest absolute Gasteiger partial charge is 0.477 e. The summed E-state index contributed by atoms with van der Waals surface area (Å²) in [5.74, 6) is -2.11. The third-order valence-electron chi connectivity index (χ3n) is 15.7. The Labute approximate surface area is 519 Å². The van der Waals surface area contributed by atoms with Crippen molar-refractivity contribution in [1.29, 1.82) is 0 Å². The number of hydrogen-bond acceptors (Lipinski definition) is 7. The lowest BCUT2D eigenvalue weighted by molar-refractivity contribution is -0.870. The average molecular weight is 1180 g/mol. The maximum Gasteiger partial charge on any atom is 0.361 e. The predicted octanol–water partition coefficient (Wildman–Crippen LogP) is 22.1. The van der Waals surface area contributed by atoms with E-state index in [1.807, 2.05) is 33.3 Å². The van der Waals surface area contributed by atoms with E-state index in [1.165, 1.54) is 238 Å². The van der Waals surface area contributed by atoms with Crippen LogP contribution < -0.4 is 0 Å². The van der Waals surface area contributed by atoms with Crippen LogP contribution in [0.2, 0.25) is 0 Å². The number of unbranched alkanes of at least 4 members (excludes halogenated alkanes) is 39. The standard InChI is InChI=1S/C75H135NO8/c1-6-8-10-12-14-16-18-20-22-24-26-27-28-29-30-31-32-33-34-35-36-37-38-39-40-41-42-43-44-45-46-48-49-51-53-55-57-59-61-63-65-72(77)82-69-71(70-83-75(74(79)80)81-68-67-76(3,4)5)84-73(78)66-64-62-60-58-56-54-52-50-47-25-23-21-19-17-15-13-11-9-7-2/h9,11,15,17,21,23,47,50,54,56,60,62,71,75H,6-8,10,12-14,16,18-20,22,24-46,48-49,51-53,55,57-59,61,63-70H2,1-5H3/p+1/b11-9-,17-15-,23-21-,50-47-,56-54-,62-60-. The molecule has 0 aliphatic heterocycles. The lowest BCUT2D eigenvalue weighted by atomic mass is 10.0. The van der Waals surface area contributed by atoms with Crippen molar-refractivity contribution < 1.29 is 42.9 Å². The van der Waals surface area contributed by atoms with Gasteiger partial charge in [0.05, 0.1) is 34.4 Å². The van der Waals surface area contributed by atoms with Crippen LogP contribution in [0.1, 0.15) is 328 Å². The zero-order valence-corrected chi connectivity index (χ0v) is 55.8. The minimum absolute atomic E-state index is 0.134. The van der Waals surface area contributed by atoms with Gasteiger partial charge in [-0.25, -0.2) is 4.79 Å². The molecular formula is C75H136NO8+. The van der Waals surface area contributed by atoms with Crippen LogP contribution >= 0.6 is 0 Å². The Kier molecular flexibility index (Phi) is 63.1. The quantitative estimate of drug-likeness (QED) is 0.0211. The summed E-state index contributed by atoms with van der Waals surface area (Å²) < 4.78 is 22.8. The molecule has 0 aliphatic rings. The van der Waals surface area contributed by atoms with Crippen LogP contribution in [-0.2, 0) is 33.3 Å². The first-order valence-electron chi connectivity index (χ1n) is 35.6. The molecule has 9 nitrogen and oxygen atoms in total. The fraction of sp³-hybridized carbons (Fsp3) is 0.800. The van der Waals surface area contributed by atoms with Crippen LogP contribution in [0, 0.1) is 0 Å². The second-order valence-corrected chi connectivity index (χ2v) is 25.2. The molecule has 84 heavy (non-hydrogen) atoms. The summed E-state index contributed by atoms with van der Waals surface area (Å²) in [6.07, 6.45) is 85.1. The fourth-order valence-electron chi connectivity index (χ4n) is 10.3. The number of hydrogen-bond donors (Lipinski definition) is 1. The average Bonchev–Trinajstić information content (AvgIpc) is 3.55. The van der Waals surface area contributed by atoms with E-state index in [9.17, 15) is 19.5 Å². The molecule has 0 aromatic heterocycles. The number of nitrogens with zero attached hydrogens (tertiary/aromatic N) is 1. The Morgan fingerprint density at radius 2 is 0.679 bits per heavy atom. The van der Waals surface area contributed by atoms with Gasteiger partial charge in [0.25, 0.3) is 6.29 Å². The molecule has 0 amide bonds. The second kappa shape index (κ2) is 65.7. The zero-order chi connectivity index (χ0) is 61.2. The van der Waals surface area contributed by atoms with Crippen LogP contribution in [-0.4, -0.2) is 87.4 Å². The van der Waals surface area contributed by atoms with Crippen LogP contribution in [0.15, 0.2) is 72.9 Å². The van der Waals surface area contributed by atoms with Crippen molar-refractivity contribution in [3.05, 3.63) is 72.9 Å². The van der Waals surface area contributed by atoms with Crippen molar-refractivity contribution in [1.82, 2.24) is 0 Å². The van der Waals surface area contributed by atoms with Crippen molar-refractivity contribution in [2.24, 2.45) is 0 Å². The van der Waals surface area contributed by atoms with Gasteiger partial charge in [-0.1, -0.05) is 337 Å². The van der Waals surface area contributed by atoms with Crippen molar-refractivity contribution in [3.63, 3.8) is 0 Å². The maximum atomic E-state index is 12.9. The third kappa shape index (κ3) is 66.3. The van der Waals surface area contributed by atoms with Crippen molar-refractivity contribution in [2.75, 3.05) is 47.5 Å². The molecule has 0 saturated heterocycles. The van der Waals surface area contributed by atoms with Crippen molar-refractivity contribution >= 4 is 17.9 Å². The van der Waals surface area contributed by atoms with Gasteiger partial charge in [-0.2, -0.15) is 0 Å². The van der Waals surface area contributed by atoms with Crippen LogP contribution in [0.25, 0.3) is 0 Å². The third-order valence-corrected chi connectivity index (χ3v) is 15.7. The number of carbonyl (C=O) groups is 3. The van der Waals surface area contributed by atoms with E-state index in [1.54, 1.807) is 0 Å². The molecule has 2 atom stereocenters. The molecule has 0 spiro atoms. The molecule has 488 valence electrons. The molecular weight excluding hydrogens is 1040 g/mol. The summed E-state index contributed by atoms with van der Waals surface area (Å²) >= 11 is 0. The van der Waals surface area contributed by atoms with Gasteiger partial charge in [0, 0.05) is 12.8 Å². The van der Waals surface area contributed by atoms with Gasteiger partial charge in [0.15, 0.2) is 6.10 Å². The normalized spacial score (nSPS) is 13.1. The summed E-state index contributed by atoms with van der Waals surface area (Å²) in [6, 6.07) is 0. The van der Waals surface area contributed by atoms with Crippen LogP contribution in [0.3, 0.4) is 0 Å². The van der Waals surface area contributed by atoms with E-state index in [0.717, 1.165) is 57.8 Å². The SMILES string of the molecule is CC/C=C\C/C=C\C/C=C\C/C=C\C/C=C\C/C=C\CCC(=O)OC(COC(=O)CCCCCCCCCCCCCCCCCCCCCCCCCCCCCCCCCCCCCCCCCC)COC(OCC[N+](C)(C)C)C(=O)O. The molecule has 0 fully saturated rings. The highest BCUT2D eigenvalue weighted by Crippen LogP contribution is 2.19. The summed E-state index contributed by atoms with van der Waals surface area (Å²) in [5, 5.41) is 9.72. The highest BCUT2D eigenvalue weighted by Gasteiger charge is 2.25. The molecule has 1 N–H and O–H groups in total. The second-order valence-electron chi connectivity index (χ2n) is 25.2. The Hall–Kier alpha value is -3.27. The molecule has 0 aromatic carbocycles. The number of likely N-dealkylation sites (N-methyl/N-ethyl adjacent to an activating group) is 1. The zero-order valence-electron chi connectivity index (χ0n) is 55.8. The summed E-state index contributed by atoms with van der Waals surface area (Å²) in [6.45, 7) is 4.71. The molecule has 0 radical (unpaired) electrons. The fourth-order valence-corrected chi connectivity index (χ4v) is 10.3. The minimum atomic E-state index is -1.53. The number of esters is 2. The summed E-state index contributed by atoms with van der Waals surface area (Å²) in [7, 11) is 5.95. The molecule has 0 aromatic rings. The van der Waals surface area contributed by atoms with E-state index >= 15 is 0 Å². The molecule has 0 rings (SSSR count). The van der Waals surface area contributed by atoms with E-state index in [0.29, 0.717) is 17.4 Å². The smallest absolute Gasteiger partial charge is 0.361 e. The summed E-state index contributed by atoms with van der Waals surface area (Å²) in [5.41, 5.74) is 0. The monoisotopic (exact) mass is 1180 g/mol. The predicted molar refractivity (Wildman–Crippen MR) is 359 cm³/mol. The van der Waals surface area contributed by atoms with Gasteiger partial charge in [-0.3, -0.25) is 9.59 Å². The molecule has 0 bridgehead atoms. The van der Waals surface area contributed by atoms with E-state index in [-0.39, 0.29) is 38.6 Å². The van der Waals surface area contributed by atoms with Gasteiger partial charge in [0.1, 0.15) is 13.2 Å². The molecule has 9 heteroatoms. The van der Waals surface area contributed by atoms with Gasteiger partial charge in [0.2, 0.25) is 0 Å². The van der Waals surface area contributed by atoms with Gasteiger partial charge in [-0.15, -0.1) is 0 Å². The highest BCUT2D eigenvalue weighted by atomic mass is 16.7. The number of ether oxygens (including phenoxy) is 4. The van der Waals surface area contributed by atoms with E-state index < -0.39 is 24.3 Å². The number of rotatable bonds is 66. The number of allylic oxidation sites excluding steroid dienone is 12. The Morgan fingerprint density at radius 3 is 0.988 bits per heavy atom. The lowest BCUT2D eigenvalue weighted by Gasteiger charge is -2.25. The first kappa shape index (κ1) is 80.7. The Bertz CT molecular complexity index is 1610. The topological polar surface area (TPSA) is 108 Å². The van der Waals surface area contributed by atoms with Gasteiger partial charge < -0.3 is 28.5 Å². The Morgan fingerprint density at radius 1 is 0.369 bits per heavy atom. The van der Waals surface area contributed by atoms with Crippen LogP contribution in [0.5, 0.6) is 0 Å². The highest BCUT2D eigenvalue weighted by molar-refractivity contribution is 5.71. The maximum absolute atomic E-state index is 12.9. The van der Waals surface area contributed by atoms with Gasteiger partial charge in [-0.05, 0) is 51.4 Å². The number of carbonyl (C=O) groups excluding carboxylic acids is 2. The van der Waals surface area contributed by atoms with Crippen molar-refractivity contribution in [2.45, 2.75) is 341 Å². The molecule has 2 unspecified atom stereocenters. The first-order valence-corrected chi connectivity index (χ1v) is 35.6. The van der Waals surface area contributed by atoms with Gasteiger partial charge >= 0.3 is 17.9 Å².